The van der Waals surface area contributed by atoms with E-state index in [1.807, 2.05) is 19.2 Å². The van der Waals surface area contributed by atoms with Crippen LogP contribution in [0.1, 0.15) is 32.4 Å². The number of fused-ring (bicyclic) bond motifs is 3. The number of ether oxygens (including phenoxy) is 1. The first-order valence-corrected chi connectivity index (χ1v) is 10.2. The second-order valence-electron chi connectivity index (χ2n) is 7.88. The molecular weight excluding hydrogens is 401 g/mol. The van der Waals surface area contributed by atoms with Crippen molar-refractivity contribution in [1.82, 2.24) is 15.2 Å². The van der Waals surface area contributed by atoms with Gasteiger partial charge in [-0.1, -0.05) is 0 Å². The molecule has 0 spiro atoms. The van der Waals surface area contributed by atoms with Gasteiger partial charge in [0.15, 0.2) is 0 Å². The second kappa shape index (κ2) is 8.35. The van der Waals surface area contributed by atoms with Gasteiger partial charge in [0.25, 0.3) is 0 Å². The maximum atomic E-state index is 13.1. The number of rotatable bonds is 4. The number of hydrogen-bond donors (Lipinski definition) is 1. The molecule has 1 amide bonds. The van der Waals surface area contributed by atoms with E-state index >= 15 is 0 Å². The Balaban J connectivity index is 0.00000225. The lowest BCUT2D eigenvalue weighted by Crippen LogP contribution is -2.53. The number of carbonyl (C=O) groups excluding carboxylic acids is 1. The van der Waals surface area contributed by atoms with Crippen molar-refractivity contribution in [1.29, 1.82) is 0 Å². The summed E-state index contributed by atoms with van der Waals surface area (Å²) in [4.78, 5) is 19.5. The van der Waals surface area contributed by atoms with Crippen LogP contribution in [-0.2, 0) is 10.3 Å². The lowest BCUT2D eigenvalue weighted by Gasteiger charge is -2.44. The van der Waals surface area contributed by atoms with Gasteiger partial charge in [-0.2, -0.15) is 0 Å². The van der Waals surface area contributed by atoms with Crippen LogP contribution >= 0.6 is 23.7 Å². The van der Waals surface area contributed by atoms with Crippen molar-refractivity contribution < 1.29 is 13.9 Å². The lowest BCUT2D eigenvalue weighted by atomic mass is 9.86. The first kappa shape index (κ1) is 21.0. The van der Waals surface area contributed by atoms with Crippen molar-refractivity contribution in [3.05, 3.63) is 41.2 Å². The lowest BCUT2D eigenvalue weighted by molar-refractivity contribution is -0.0350. The quantitative estimate of drug-likeness (QED) is 0.787. The highest BCUT2D eigenvalue weighted by Gasteiger charge is 2.37. The summed E-state index contributed by atoms with van der Waals surface area (Å²) in [7, 11) is 0. The van der Waals surface area contributed by atoms with Crippen LogP contribution in [0.4, 0.5) is 9.18 Å². The zero-order valence-corrected chi connectivity index (χ0v) is 17.6. The fraction of sp³-hybridized carbons (Fsp3) is 0.500. The molecule has 28 heavy (non-hydrogen) atoms. The molecule has 3 aliphatic rings. The number of nitrogens with one attached hydrogen (secondary N) is 1. The summed E-state index contributed by atoms with van der Waals surface area (Å²) >= 11 is 1.48. The van der Waals surface area contributed by atoms with E-state index < -0.39 is 11.6 Å². The average molecular weight is 426 g/mol. The molecule has 152 valence electrons. The molecule has 0 radical (unpaired) electrons. The summed E-state index contributed by atoms with van der Waals surface area (Å²) in [5.41, 5.74) is 0.968. The van der Waals surface area contributed by atoms with Gasteiger partial charge < -0.3 is 10.1 Å². The SMILES string of the molecule is CC(C)(NC(=O)O[C@@H]1CN2CCC1CC2)c1csc(-c2ccc(F)cc2)n1.Cl. The van der Waals surface area contributed by atoms with Crippen LogP contribution in [0.25, 0.3) is 10.6 Å². The van der Waals surface area contributed by atoms with E-state index in [1.165, 1.54) is 23.5 Å². The van der Waals surface area contributed by atoms with E-state index in [2.05, 4.69) is 15.2 Å². The molecule has 5 nitrogen and oxygen atoms in total. The Morgan fingerprint density at radius 3 is 2.57 bits per heavy atom. The largest absolute Gasteiger partial charge is 0.445 e. The summed E-state index contributed by atoms with van der Waals surface area (Å²) in [6, 6.07) is 6.26. The highest BCUT2D eigenvalue weighted by atomic mass is 35.5. The molecule has 0 unspecified atom stereocenters. The van der Waals surface area contributed by atoms with Crippen LogP contribution < -0.4 is 5.32 Å². The summed E-state index contributed by atoms with van der Waals surface area (Å²) in [5, 5.41) is 5.68. The van der Waals surface area contributed by atoms with Crippen LogP contribution in [0.2, 0.25) is 0 Å². The number of thiazole rings is 1. The molecule has 1 atom stereocenters. The van der Waals surface area contributed by atoms with Gasteiger partial charge >= 0.3 is 6.09 Å². The zero-order chi connectivity index (χ0) is 19.0. The van der Waals surface area contributed by atoms with Gasteiger partial charge in [0, 0.05) is 17.5 Å². The third-order valence-electron chi connectivity index (χ3n) is 5.50. The number of amides is 1. The molecule has 1 aromatic heterocycles. The molecule has 3 fully saturated rings. The van der Waals surface area contributed by atoms with Crippen molar-refractivity contribution in [2.75, 3.05) is 19.6 Å². The number of aromatic nitrogens is 1. The number of hydrogen-bond acceptors (Lipinski definition) is 5. The van der Waals surface area contributed by atoms with Gasteiger partial charge in [-0.3, -0.25) is 4.90 Å². The molecule has 8 heteroatoms. The molecule has 0 aliphatic carbocycles. The van der Waals surface area contributed by atoms with Crippen molar-refractivity contribution in [3.8, 4) is 10.6 Å². The minimum Gasteiger partial charge on any atom is -0.445 e. The van der Waals surface area contributed by atoms with Gasteiger partial charge in [0.2, 0.25) is 0 Å². The molecule has 0 saturated carbocycles. The van der Waals surface area contributed by atoms with Gasteiger partial charge in [-0.15, -0.1) is 23.7 Å². The van der Waals surface area contributed by atoms with Crippen LogP contribution in [0, 0.1) is 11.7 Å². The van der Waals surface area contributed by atoms with Crippen LogP contribution in [-0.4, -0.2) is 41.7 Å². The summed E-state index contributed by atoms with van der Waals surface area (Å²) in [5.74, 6) is 0.209. The first-order chi connectivity index (χ1) is 12.9. The fourth-order valence-corrected chi connectivity index (χ4v) is 4.81. The molecule has 3 aliphatic heterocycles. The molecule has 5 rings (SSSR count). The van der Waals surface area contributed by atoms with Crippen LogP contribution in [0.5, 0.6) is 0 Å². The Morgan fingerprint density at radius 2 is 1.96 bits per heavy atom. The van der Waals surface area contributed by atoms with E-state index in [9.17, 15) is 9.18 Å². The minimum absolute atomic E-state index is 0. The van der Waals surface area contributed by atoms with Gasteiger partial charge in [0.1, 0.15) is 16.9 Å². The average Bonchev–Trinajstić information content (AvgIpc) is 3.14. The highest BCUT2D eigenvalue weighted by Crippen LogP contribution is 2.31. The third-order valence-corrected chi connectivity index (χ3v) is 6.40. The fourth-order valence-electron chi connectivity index (χ4n) is 3.82. The van der Waals surface area contributed by atoms with Crippen molar-refractivity contribution in [2.45, 2.75) is 38.3 Å². The molecule has 1 aromatic carbocycles. The predicted octanol–water partition coefficient (Wildman–Crippen LogP) is 4.43. The van der Waals surface area contributed by atoms with E-state index in [-0.39, 0.29) is 24.3 Å². The molecule has 2 aromatic rings. The number of nitrogens with zero attached hydrogens (tertiary/aromatic N) is 2. The topological polar surface area (TPSA) is 54.5 Å². The minimum atomic E-state index is -0.653. The molecule has 2 bridgehead atoms. The highest BCUT2D eigenvalue weighted by molar-refractivity contribution is 7.13. The smallest absolute Gasteiger partial charge is 0.408 e. The van der Waals surface area contributed by atoms with Crippen molar-refractivity contribution >= 4 is 29.8 Å². The van der Waals surface area contributed by atoms with E-state index in [0.717, 1.165) is 48.7 Å². The summed E-state index contributed by atoms with van der Waals surface area (Å²) < 4.78 is 18.8. The molecular formula is C20H25ClFN3O2S. The Hall–Kier alpha value is -1.70. The standard InChI is InChI=1S/C20H24FN3O2S.ClH/c1-20(2,17-12-27-18(22-17)14-3-5-15(21)6-4-14)23-19(25)26-16-11-24-9-7-13(16)8-10-24;/h3-6,12-13,16H,7-11H2,1-2H3,(H,23,25);1H/t16-;/m1./s1. The first-order valence-electron chi connectivity index (χ1n) is 9.34. The van der Waals surface area contributed by atoms with E-state index in [1.54, 1.807) is 12.1 Å². The number of halogens is 2. The monoisotopic (exact) mass is 425 g/mol. The summed E-state index contributed by atoms with van der Waals surface area (Å²) in [6.45, 7) is 6.89. The number of alkyl carbamates (subject to hydrolysis) is 1. The van der Waals surface area contributed by atoms with Gasteiger partial charge in [-0.25, -0.2) is 14.2 Å². The van der Waals surface area contributed by atoms with Gasteiger partial charge in [0.05, 0.1) is 11.2 Å². The number of piperidine rings is 3. The number of carbonyl (C=O) groups is 1. The molecule has 1 N–H and O–H groups in total. The maximum absolute atomic E-state index is 13.1. The predicted molar refractivity (Wildman–Crippen MR) is 110 cm³/mol. The van der Waals surface area contributed by atoms with Crippen LogP contribution in [0.15, 0.2) is 29.6 Å². The Kier molecular flexibility index (Phi) is 6.27. The third kappa shape index (κ3) is 4.47. The Bertz CT molecular complexity index is 819. The van der Waals surface area contributed by atoms with Gasteiger partial charge in [-0.05, 0) is 70.0 Å². The van der Waals surface area contributed by atoms with Crippen molar-refractivity contribution in [2.24, 2.45) is 5.92 Å². The summed E-state index contributed by atoms with van der Waals surface area (Å²) in [6.07, 6.45) is 1.80. The molecule has 4 heterocycles. The van der Waals surface area contributed by atoms with Crippen molar-refractivity contribution in [3.63, 3.8) is 0 Å². The Labute approximate surface area is 174 Å². The second-order valence-corrected chi connectivity index (χ2v) is 8.73. The van der Waals surface area contributed by atoms with E-state index in [0.29, 0.717) is 5.92 Å². The Morgan fingerprint density at radius 1 is 1.29 bits per heavy atom. The maximum Gasteiger partial charge on any atom is 0.408 e. The molecule has 3 saturated heterocycles. The normalized spacial score (nSPS) is 23.8. The van der Waals surface area contributed by atoms with Crippen LogP contribution in [0.3, 0.4) is 0 Å². The van der Waals surface area contributed by atoms with E-state index in [4.69, 9.17) is 4.74 Å². The number of benzene rings is 1. The zero-order valence-electron chi connectivity index (χ0n) is 16.0.